The van der Waals surface area contributed by atoms with Gasteiger partial charge < -0.3 is 10.4 Å². The summed E-state index contributed by atoms with van der Waals surface area (Å²) in [5.74, 6) is -0.852. The Kier molecular flexibility index (Phi) is 3.86. The number of halogens is 1. The van der Waals surface area contributed by atoms with Crippen LogP contribution in [0.15, 0.2) is 42.5 Å². The molecular weight excluding hydrogens is 284 g/mol. The van der Waals surface area contributed by atoms with Crippen molar-refractivity contribution in [2.75, 3.05) is 5.32 Å². The summed E-state index contributed by atoms with van der Waals surface area (Å²) in [6.07, 6.45) is 0. The topological polar surface area (TPSA) is 92.5 Å². The van der Waals surface area contributed by atoms with Crippen molar-refractivity contribution in [3.05, 3.63) is 63.2 Å². The predicted octanol–water partition coefficient (Wildman–Crippen LogP) is 3.21. The Morgan fingerprint density at radius 3 is 2.60 bits per heavy atom. The van der Waals surface area contributed by atoms with E-state index in [-0.39, 0.29) is 27.7 Å². The molecule has 2 rings (SSSR count). The number of phenolic OH excluding ortho intramolecular Hbond substituents is 1. The van der Waals surface area contributed by atoms with Crippen LogP contribution in [0, 0.1) is 10.1 Å². The van der Waals surface area contributed by atoms with Crippen molar-refractivity contribution < 1.29 is 14.8 Å². The maximum absolute atomic E-state index is 12.0. The minimum atomic E-state index is -0.646. The van der Waals surface area contributed by atoms with Crippen LogP contribution in [0.1, 0.15) is 10.4 Å². The van der Waals surface area contributed by atoms with Crippen molar-refractivity contribution in [3.8, 4) is 5.75 Å². The Hall–Kier alpha value is -2.60. The fourth-order valence-electron chi connectivity index (χ4n) is 1.62. The van der Waals surface area contributed by atoms with Crippen LogP contribution in [0.5, 0.6) is 5.75 Å². The van der Waals surface area contributed by atoms with Crippen molar-refractivity contribution in [3.63, 3.8) is 0 Å². The Bertz CT molecular complexity index is 688. The molecule has 0 aliphatic rings. The van der Waals surface area contributed by atoms with Gasteiger partial charge in [0.15, 0.2) is 0 Å². The largest absolute Gasteiger partial charge is 0.507 e. The summed E-state index contributed by atoms with van der Waals surface area (Å²) in [5.41, 5.74) is -0.286. The molecule has 0 aliphatic heterocycles. The summed E-state index contributed by atoms with van der Waals surface area (Å²) >= 11 is 5.68. The van der Waals surface area contributed by atoms with E-state index in [0.717, 1.165) is 6.07 Å². The van der Waals surface area contributed by atoms with E-state index in [4.69, 9.17) is 11.6 Å². The molecular formula is C13H9ClN2O4. The molecule has 0 unspecified atom stereocenters. The molecule has 0 atom stereocenters. The molecule has 0 fully saturated rings. The zero-order valence-corrected chi connectivity index (χ0v) is 10.8. The van der Waals surface area contributed by atoms with Crippen LogP contribution >= 0.6 is 11.6 Å². The van der Waals surface area contributed by atoms with Crippen LogP contribution in [0.25, 0.3) is 0 Å². The number of nitrogens with one attached hydrogen (secondary N) is 1. The van der Waals surface area contributed by atoms with E-state index in [2.05, 4.69) is 5.32 Å². The highest BCUT2D eigenvalue weighted by atomic mass is 35.5. The molecule has 0 bridgehead atoms. The normalized spacial score (nSPS) is 10.1. The van der Waals surface area contributed by atoms with Crippen LogP contribution in [0.3, 0.4) is 0 Å². The molecule has 0 radical (unpaired) electrons. The van der Waals surface area contributed by atoms with Gasteiger partial charge in [0.1, 0.15) is 11.4 Å². The maximum Gasteiger partial charge on any atom is 0.294 e. The third-order valence-electron chi connectivity index (χ3n) is 2.55. The van der Waals surface area contributed by atoms with Gasteiger partial charge in [-0.2, -0.15) is 0 Å². The maximum atomic E-state index is 12.0. The molecule has 20 heavy (non-hydrogen) atoms. The van der Waals surface area contributed by atoms with Crippen LogP contribution < -0.4 is 5.32 Å². The lowest BCUT2D eigenvalue weighted by atomic mass is 10.2. The minimum absolute atomic E-state index is 0.00709. The van der Waals surface area contributed by atoms with Gasteiger partial charge in [0.2, 0.25) is 0 Å². The van der Waals surface area contributed by atoms with Crippen molar-refractivity contribution in [2.24, 2.45) is 0 Å². The monoisotopic (exact) mass is 292 g/mol. The molecule has 2 aromatic carbocycles. The smallest absolute Gasteiger partial charge is 0.294 e. The fourth-order valence-corrected chi connectivity index (χ4v) is 1.78. The van der Waals surface area contributed by atoms with Gasteiger partial charge in [-0.3, -0.25) is 14.9 Å². The second-order valence-electron chi connectivity index (χ2n) is 3.89. The molecule has 0 spiro atoms. The molecule has 0 heterocycles. The quantitative estimate of drug-likeness (QED) is 0.671. The van der Waals surface area contributed by atoms with Crippen molar-refractivity contribution in [1.82, 2.24) is 0 Å². The van der Waals surface area contributed by atoms with Gasteiger partial charge in [-0.15, -0.1) is 0 Å². The van der Waals surface area contributed by atoms with Crippen LogP contribution in [-0.4, -0.2) is 15.9 Å². The molecule has 0 aliphatic carbocycles. The lowest BCUT2D eigenvalue weighted by molar-refractivity contribution is -0.383. The zero-order chi connectivity index (χ0) is 14.7. The lowest BCUT2D eigenvalue weighted by Crippen LogP contribution is -2.13. The fraction of sp³-hybridized carbons (Fsp3) is 0. The number of phenols is 1. The number of nitro benzene ring substituents is 1. The Balaban J connectivity index is 2.33. The van der Waals surface area contributed by atoms with Gasteiger partial charge in [0.05, 0.1) is 10.5 Å². The highest BCUT2D eigenvalue weighted by Crippen LogP contribution is 2.28. The van der Waals surface area contributed by atoms with Crippen molar-refractivity contribution in [2.45, 2.75) is 0 Å². The number of para-hydroxylation sites is 1. The average Bonchev–Trinajstić information content (AvgIpc) is 2.41. The van der Waals surface area contributed by atoms with Gasteiger partial charge in [-0.1, -0.05) is 23.7 Å². The van der Waals surface area contributed by atoms with Gasteiger partial charge in [-0.05, 0) is 24.3 Å². The molecule has 2 N–H and O–H groups in total. The Labute approximate surface area is 118 Å². The number of carbonyl (C=O) groups excluding carboxylic acids is 1. The number of rotatable bonds is 3. The Morgan fingerprint density at radius 2 is 1.95 bits per heavy atom. The molecule has 0 aromatic heterocycles. The highest BCUT2D eigenvalue weighted by Gasteiger charge is 2.18. The zero-order valence-electron chi connectivity index (χ0n) is 10.0. The van der Waals surface area contributed by atoms with Gasteiger partial charge in [-0.25, -0.2) is 0 Å². The van der Waals surface area contributed by atoms with E-state index in [9.17, 15) is 20.0 Å². The number of amides is 1. The summed E-state index contributed by atoms with van der Waals surface area (Å²) in [6.45, 7) is 0. The average molecular weight is 293 g/mol. The Morgan fingerprint density at radius 1 is 1.25 bits per heavy atom. The van der Waals surface area contributed by atoms with Crippen LogP contribution in [0.4, 0.5) is 11.4 Å². The first-order valence-corrected chi connectivity index (χ1v) is 5.90. The number of anilines is 1. The summed E-state index contributed by atoms with van der Waals surface area (Å²) < 4.78 is 0. The molecule has 7 heteroatoms. The van der Waals surface area contributed by atoms with E-state index >= 15 is 0 Å². The number of aromatic hydroxyl groups is 1. The van der Waals surface area contributed by atoms with E-state index in [0.29, 0.717) is 0 Å². The summed E-state index contributed by atoms with van der Waals surface area (Å²) in [7, 11) is 0. The van der Waals surface area contributed by atoms with E-state index in [1.807, 2.05) is 0 Å². The highest BCUT2D eigenvalue weighted by molar-refractivity contribution is 6.31. The lowest BCUT2D eigenvalue weighted by Gasteiger charge is -2.07. The van der Waals surface area contributed by atoms with E-state index in [1.54, 1.807) is 12.1 Å². The predicted molar refractivity (Wildman–Crippen MR) is 74.2 cm³/mol. The second-order valence-corrected chi connectivity index (χ2v) is 4.33. The minimum Gasteiger partial charge on any atom is -0.507 e. The molecule has 1 amide bonds. The van der Waals surface area contributed by atoms with Gasteiger partial charge in [0.25, 0.3) is 11.6 Å². The van der Waals surface area contributed by atoms with Gasteiger partial charge >= 0.3 is 0 Å². The first-order chi connectivity index (χ1) is 9.49. The molecule has 6 nitrogen and oxygen atoms in total. The first-order valence-electron chi connectivity index (χ1n) is 5.52. The number of hydrogen-bond acceptors (Lipinski definition) is 4. The number of benzene rings is 2. The SMILES string of the molecule is O=C(Nc1ccc(Cl)cc1[N+](=O)[O-])c1ccccc1O. The number of nitrogens with zero attached hydrogens (tertiary/aromatic N) is 1. The molecule has 0 saturated carbocycles. The third-order valence-corrected chi connectivity index (χ3v) is 2.79. The van der Waals surface area contributed by atoms with Gasteiger partial charge in [0, 0.05) is 11.1 Å². The number of nitro groups is 1. The van der Waals surface area contributed by atoms with Crippen molar-refractivity contribution >= 4 is 28.9 Å². The standard InChI is InChI=1S/C13H9ClN2O4/c14-8-5-6-10(11(7-8)16(19)20)15-13(18)9-3-1-2-4-12(9)17/h1-7,17H,(H,15,18). The molecule has 2 aromatic rings. The molecule has 102 valence electrons. The third kappa shape index (κ3) is 2.86. The van der Waals surface area contributed by atoms with E-state index < -0.39 is 10.8 Å². The summed E-state index contributed by atoms with van der Waals surface area (Å²) in [4.78, 5) is 22.2. The number of carbonyl (C=O) groups is 1. The van der Waals surface area contributed by atoms with Crippen molar-refractivity contribution in [1.29, 1.82) is 0 Å². The molecule has 0 saturated heterocycles. The summed E-state index contributed by atoms with van der Waals surface area (Å²) in [6, 6.07) is 9.80. The first kappa shape index (κ1) is 13.8. The second kappa shape index (κ2) is 5.58. The van der Waals surface area contributed by atoms with Crippen LogP contribution in [0.2, 0.25) is 5.02 Å². The van der Waals surface area contributed by atoms with Crippen LogP contribution in [-0.2, 0) is 0 Å². The number of hydrogen-bond donors (Lipinski definition) is 2. The van der Waals surface area contributed by atoms with E-state index in [1.165, 1.54) is 24.3 Å². The summed E-state index contributed by atoms with van der Waals surface area (Å²) in [5, 5.41) is 23.0.